The van der Waals surface area contributed by atoms with Crippen LogP contribution in [0.4, 0.5) is 0 Å². The largest absolute Gasteiger partial charge is 0.302 e. The molecule has 2 heterocycles. The lowest BCUT2D eigenvalue weighted by molar-refractivity contribution is 0.233. The van der Waals surface area contributed by atoms with Gasteiger partial charge in [0.1, 0.15) is 4.90 Å². The first-order chi connectivity index (χ1) is 14.8. The molecule has 0 aliphatic carbocycles. The van der Waals surface area contributed by atoms with E-state index in [0.717, 1.165) is 36.1 Å². The maximum Gasteiger partial charge on any atom is 0.268 e. The van der Waals surface area contributed by atoms with Gasteiger partial charge >= 0.3 is 0 Å². The molecule has 7 nitrogen and oxygen atoms in total. The molecule has 0 bridgehead atoms. The van der Waals surface area contributed by atoms with Gasteiger partial charge in [0.2, 0.25) is 10.0 Å². The van der Waals surface area contributed by atoms with E-state index in [1.807, 2.05) is 0 Å². The summed E-state index contributed by atoms with van der Waals surface area (Å²) in [5.74, 6) is 0. The summed E-state index contributed by atoms with van der Waals surface area (Å²) in [6.07, 6.45) is 4.58. The van der Waals surface area contributed by atoms with Gasteiger partial charge in [0.15, 0.2) is 0 Å². The zero-order valence-corrected chi connectivity index (χ0v) is 19.3. The van der Waals surface area contributed by atoms with Gasteiger partial charge in [-0.1, -0.05) is 42.3 Å². The number of halogens is 1. The van der Waals surface area contributed by atoms with E-state index < -0.39 is 20.0 Å². The molecule has 1 saturated heterocycles. The van der Waals surface area contributed by atoms with E-state index in [9.17, 15) is 16.8 Å². The van der Waals surface area contributed by atoms with Gasteiger partial charge in [0.05, 0.1) is 15.4 Å². The predicted octanol–water partition coefficient (Wildman–Crippen LogP) is 3.30. The fourth-order valence-electron chi connectivity index (χ4n) is 3.89. The molecule has 1 aliphatic heterocycles. The summed E-state index contributed by atoms with van der Waals surface area (Å²) in [6.45, 7) is 2.77. The zero-order chi connectivity index (χ0) is 22.1. The van der Waals surface area contributed by atoms with Crippen molar-refractivity contribution in [2.75, 3.05) is 26.2 Å². The number of aromatic nitrogens is 1. The smallest absolute Gasteiger partial charge is 0.268 e. The van der Waals surface area contributed by atoms with Crippen molar-refractivity contribution >= 4 is 42.6 Å². The van der Waals surface area contributed by atoms with Gasteiger partial charge in [-0.3, -0.25) is 0 Å². The maximum atomic E-state index is 13.2. The summed E-state index contributed by atoms with van der Waals surface area (Å²) in [6, 6.07) is 12.6. The van der Waals surface area contributed by atoms with Gasteiger partial charge in [0, 0.05) is 24.7 Å². The van der Waals surface area contributed by atoms with E-state index in [4.69, 9.17) is 11.6 Å². The fourth-order valence-corrected chi connectivity index (χ4v) is 6.91. The Hall–Kier alpha value is -1.91. The molecule has 1 aromatic heterocycles. The van der Waals surface area contributed by atoms with Crippen LogP contribution >= 0.6 is 11.6 Å². The van der Waals surface area contributed by atoms with Crippen LogP contribution in [-0.4, -0.2) is 51.9 Å². The molecule has 31 heavy (non-hydrogen) atoms. The molecule has 0 atom stereocenters. The van der Waals surface area contributed by atoms with E-state index in [0.29, 0.717) is 6.54 Å². The average molecular weight is 482 g/mol. The number of hydrogen-bond donors (Lipinski definition) is 1. The molecule has 0 saturated carbocycles. The third-order valence-electron chi connectivity index (χ3n) is 5.47. The SMILES string of the molecule is O=S(=O)(NCCN1CCCCC1)c1cn(S(=O)(=O)c2ccccc2)c2cccc(Cl)c12. The van der Waals surface area contributed by atoms with Crippen LogP contribution in [0.3, 0.4) is 0 Å². The zero-order valence-electron chi connectivity index (χ0n) is 16.9. The first kappa shape index (κ1) is 22.3. The molecule has 1 N–H and O–H groups in total. The van der Waals surface area contributed by atoms with E-state index in [1.54, 1.807) is 36.4 Å². The van der Waals surface area contributed by atoms with Crippen molar-refractivity contribution < 1.29 is 16.8 Å². The predicted molar refractivity (Wildman–Crippen MR) is 121 cm³/mol. The van der Waals surface area contributed by atoms with Crippen LogP contribution in [0.25, 0.3) is 10.9 Å². The van der Waals surface area contributed by atoms with Gasteiger partial charge in [-0.2, -0.15) is 0 Å². The van der Waals surface area contributed by atoms with Crippen LogP contribution in [0.15, 0.2) is 64.5 Å². The lowest BCUT2D eigenvalue weighted by Gasteiger charge is -2.26. The lowest BCUT2D eigenvalue weighted by Crippen LogP contribution is -2.37. The molecule has 2 aromatic carbocycles. The van der Waals surface area contributed by atoms with Crippen LogP contribution in [0.1, 0.15) is 19.3 Å². The number of likely N-dealkylation sites (tertiary alicyclic amines) is 1. The second kappa shape index (κ2) is 8.91. The van der Waals surface area contributed by atoms with E-state index in [-0.39, 0.29) is 32.3 Å². The normalized spacial score (nSPS) is 16.0. The number of nitrogens with zero attached hydrogens (tertiary/aromatic N) is 2. The van der Waals surface area contributed by atoms with Crippen molar-refractivity contribution in [3.63, 3.8) is 0 Å². The summed E-state index contributed by atoms with van der Waals surface area (Å²) in [5.41, 5.74) is 0.216. The Morgan fingerprint density at radius 2 is 1.61 bits per heavy atom. The topological polar surface area (TPSA) is 88.5 Å². The second-order valence-electron chi connectivity index (χ2n) is 7.54. The molecular weight excluding hydrogens is 458 g/mol. The Kier molecular flexibility index (Phi) is 6.41. The molecule has 1 fully saturated rings. The minimum atomic E-state index is -4.00. The summed E-state index contributed by atoms with van der Waals surface area (Å²) >= 11 is 6.32. The lowest BCUT2D eigenvalue weighted by atomic mass is 10.1. The molecule has 3 aromatic rings. The molecule has 0 spiro atoms. The van der Waals surface area contributed by atoms with Crippen LogP contribution in [-0.2, 0) is 20.0 Å². The third kappa shape index (κ3) is 4.51. The highest BCUT2D eigenvalue weighted by atomic mass is 35.5. The van der Waals surface area contributed by atoms with E-state index >= 15 is 0 Å². The van der Waals surface area contributed by atoms with Crippen LogP contribution < -0.4 is 4.72 Å². The first-order valence-corrected chi connectivity index (χ1v) is 13.4. The number of sulfonamides is 1. The maximum absolute atomic E-state index is 13.2. The molecular formula is C21H24ClN3O4S2. The number of piperidine rings is 1. The van der Waals surface area contributed by atoms with Gasteiger partial charge in [-0.05, 0) is 50.2 Å². The van der Waals surface area contributed by atoms with Crippen molar-refractivity contribution in [3.05, 3.63) is 59.8 Å². The van der Waals surface area contributed by atoms with Gasteiger partial charge < -0.3 is 4.90 Å². The number of fused-ring (bicyclic) bond motifs is 1. The van der Waals surface area contributed by atoms with Crippen LogP contribution in [0.5, 0.6) is 0 Å². The molecule has 0 amide bonds. The molecule has 166 valence electrons. The quantitative estimate of drug-likeness (QED) is 0.559. The van der Waals surface area contributed by atoms with Crippen molar-refractivity contribution in [2.24, 2.45) is 0 Å². The monoisotopic (exact) mass is 481 g/mol. The van der Waals surface area contributed by atoms with Crippen LogP contribution in [0.2, 0.25) is 5.02 Å². The van der Waals surface area contributed by atoms with Crippen molar-refractivity contribution in [3.8, 4) is 0 Å². The highest BCUT2D eigenvalue weighted by molar-refractivity contribution is 7.91. The minimum absolute atomic E-state index is 0.0638. The second-order valence-corrected chi connectivity index (χ2v) is 11.5. The summed E-state index contributed by atoms with van der Waals surface area (Å²) in [4.78, 5) is 2.14. The number of rotatable bonds is 7. The first-order valence-electron chi connectivity index (χ1n) is 10.1. The summed E-state index contributed by atoms with van der Waals surface area (Å²) < 4.78 is 56.3. The Morgan fingerprint density at radius 3 is 2.32 bits per heavy atom. The van der Waals surface area contributed by atoms with Crippen molar-refractivity contribution in [1.29, 1.82) is 0 Å². The Bertz CT molecular complexity index is 1280. The van der Waals surface area contributed by atoms with Crippen molar-refractivity contribution in [2.45, 2.75) is 29.1 Å². The fraction of sp³-hybridized carbons (Fsp3) is 0.333. The van der Waals surface area contributed by atoms with E-state index in [1.165, 1.54) is 18.6 Å². The number of hydrogen-bond acceptors (Lipinski definition) is 5. The Balaban J connectivity index is 1.71. The van der Waals surface area contributed by atoms with Crippen LogP contribution in [0, 0.1) is 0 Å². The van der Waals surface area contributed by atoms with Crippen molar-refractivity contribution in [1.82, 2.24) is 13.6 Å². The molecule has 10 heteroatoms. The highest BCUT2D eigenvalue weighted by Crippen LogP contribution is 2.33. The van der Waals surface area contributed by atoms with Gasteiger partial charge in [-0.15, -0.1) is 0 Å². The minimum Gasteiger partial charge on any atom is -0.302 e. The van der Waals surface area contributed by atoms with Gasteiger partial charge in [0.25, 0.3) is 10.0 Å². The summed E-state index contributed by atoms with van der Waals surface area (Å²) in [5, 5.41) is 0.366. The standard InChI is InChI=1S/C21H24ClN3O4S2/c22-18-10-7-11-19-21(18)20(16-25(19)31(28,29)17-8-3-1-4-9-17)30(26,27)23-12-15-24-13-5-2-6-14-24/h1,3-4,7-11,16,23H,2,5-6,12-15H2. The van der Waals surface area contributed by atoms with E-state index in [2.05, 4.69) is 9.62 Å². The van der Waals surface area contributed by atoms with Gasteiger partial charge in [-0.25, -0.2) is 25.5 Å². The number of benzene rings is 2. The summed E-state index contributed by atoms with van der Waals surface area (Å²) in [7, 11) is -7.98. The number of nitrogens with one attached hydrogen (secondary N) is 1. The highest BCUT2D eigenvalue weighted by Gasteiger charge is 2.28. The third-order valence-corrected chi connectivity index (χ3v) is 8.94. The average Bonchev–Trinajstić information content (AvgIpc) is 3.18. The molecule has 1 aliphatic rings. The molecule has 0 unspecified atom stereocenters. The Morgan fingerprint density at radius 1 is 0.903 bits per heavy atom. The molecule has 0 radical (unpaired) electrons. The molecule has 4 rings (SSSR count). The Labute approximate surface area is 187 Å².